The fourth-order valence-corrected chi connectivity index (χ4v) is 1.86. The number of carbonyl (C=O) groups excluding carboxylic acids is 1. The lowest BCUT2D eigenvalue weighted by molar-refractivity contribution is -0.147. The molecule has 0 aliphatic carbocycles. The Balaban J connectivity index is 3.14. The third-order valence-electron chi connectivity index (χ3n) is 3.40. The zero-order valence-corrected chi connectivity index (χ0v) is 15.4. The molecule has 0 heterocycles. The lowest BCUT2D eigenvalue weighted by atomic mass is 10.1. The van der Waals surface area contributed by atoms with Crippen molar-refractivity contribution in [2.24, 2.45) is 5.92 Å². The number of hydrogen-bond donors (Lipinski definition) is 1. The summed E-state index contributed by atoms with van der Waals surface area (Å²) in [6.07, 6.45) is 1.53. The molecule has 0 saturated heterocycles. The highest BCUT2D eigenvalue weighted by atomic mass is 16.5. The average Bonchev–Trinajstić information content (AvgIpc) is 2.57. The Morgan fingerprint density at radius 2 is 1.88 bits per heavy atom. The molecule has 1 unspecified atom stereocenters. The van der Waals surface area contributed by atoms with Crippen LogP contribution in [0.3, 0.4) is 0 Å². The van der Waals surface area contributed by atoms with Crippen molar-refractivity contribution in [1.82, 2.24) is 0 Å². The number of ether oxygens (including phenoxy) is 3. The minimum atomic E-state index is -1.34. The second kappa shape index (κ2) is 9.71. The Morgan fingerprint density at radius 3 is 2.40 bits per heavy atom. The summed E-state index contributed by atoms with van der Waals surface area (Å²) in [5.74, 6) is -0.845. The van der Waals surface area contributed by atoms with E-state index >= 15 is 0 Å². The molecular weight excluding hydrogens is 324 g/mol. The van der Waals surface area contributed by atoms with E-state index in [2.05, 4.69) is 0 Å². The lowest BCUT2D eigenvalue weighted by Gasteiger charge is -2.13. The van der Waals surface area contributed by atoms with Gasteiger partial charge in [0.25, 0.3) is 0 Å². The zero-order valence-electron chi connectivity index (χ0n) is 15.4. The number of esters is 1. The fourth-order valence-electron chi connectivity index (χ4n) is 1.86. The summed E-state index contributed by atoms with van der Waals surface area (Å²) in [5.41, 5.74) is 0.0818. The van der Waals surface area contributed by atoms with Gasteiger partial charge in [0.15, 0.2) is 11.5 Å². The van der Waals surface area contributed by atoms with Gasteiger partial charge in [0.1, 0.15) is 5.57 Å². The molecule has 0 aliphatic heterocycles. The van der Waals surface area contributed by atoms with Crippen molar-refractivity contribution in [3.05, 3.63) is 29.3 Å². The van der Waals surface area contributed by atoms with Crippen LogP contribution in [0, 0.1) is 5.92 Å². The molecule has 1 aromatic rings. The summed E-state index contributed by atoms with van der Waals surface area (Å²) >= 11 is 0. The predicted molar refractivity (Wildman–Crippen MR) is 94.8 cm³/mol. The van der Waals surface area contributed by atoms with E-state index in [1.807, 2.05) is 20.8 Å². The van der Waals surface area contributed by atoms with E-state index in [4.69, 9.17) is 14.2 Å². The zero-order chi connectivity index (χ0) is 19.0. The molecule has 1 rings (SSSR count). The highest BCUT2D eigenvalue weighted by Gasteiger charge is 2.21. The molecule has 1 aromatic carbocycles. The van der Waals surface area contributed by atoms with Gasteiger partial charge in [-0.05, 0) is 43.0 Å². The van der Waals surface area contributed by atoms with Crippen LogP contribution in [-0.4, -0.2) is 36.9 Å². The Kier molecular flexibility index (Phi) is 7.98. The van der Waals surface area contributed by atoms with Gasteiger partial charge in [-0.25, -0.2) is 9.59 Å². The van der Waals surface area contributed by atoms with Gasteiger partial charge in [0.2, 0.25) is 0 Å². The van der Waals surface area contributed by atoms with Gasteiger partial charge >= 0.3 is 11.9 Å². The molecule has 0 aromatic heterocycles. The molecule has 0 aliphatic rings. The number of carbonyl (C=O) groups is 2. The van der Waals surface area contributed by atoms with E-state index in [-0.39, 0.29) is 6.10 Å². The highest BCUT2D eigenvalue weighted by molar-refractivity contribution is 6.17. The largest absolute Gasteiger partial charge is 0.493 e. The standard InChI is InChI=1S/C19H26O6/c1-6-13(4)25-19(22)15(18(20)21)9-14-7-8-16(23-5)17(10-14)24-11-12(2)3/h7-10,12-13H,6,11H2,1-5H3,(H,20,21). The van der Waals surface area contributed by atoms with Crippen molar-refractivity contribution in [3.8, 4) is 11.5 Å². The molecule has 0 amide bonds. The van der Waals surface area contributed by atoms with E-state index in [9.17, 15) is 14.7 Å². The third-order valence-corrected chi connectivity index (χ3v) is 3.40. The number of aliphatic carboxylic acids is 1. The minimum Gasteiger partial charge on any atom is -0.493 e. The van der Waals surface area contributed by atoms with E-state index in [0.29, 0.717) is 36.0 Å². The highest BCUT2D eigenvalue weighted by Crippen LogP contribution is 2.29. The maximum Gasteiger partial charge on any atom is 0.345 e. The first-order valence-corrected chi connectivity index (χ1v) is 8.25. The molecule has 25 heavy (non-hydrogen) atoms. The van der Waals surface area contributed by atoms with Crippen LogP contribution in [0.15, 0.2) is 23.8 Å². The van der Waals surface area contributed by atoms with Crippen molar-refractivity contribution in [3.63, 3.8) is 0 Å². The van der Waals surface area contributed by atoms with Crippen LogP contribution in [-0.2, 0) is 14.3 Å². The van der Waals surface area contributed by atoms with Crippen molar-refractivity contribution >= 4 is 18.0 Å². The maximum atomic E-state index is 12.1. The first-order valence-electron chi connectivity index (χ1n) is 8.25. The number of methoxy groups -OCH3 is 1. The SMILES string of the molecule is CCC(C)OC(=O)C(=Cc1ccc(OC)c(OCC(C)C)c1)C(=O)O. The molecule has 138 valence electrons. The number of hydrogen-bond acceptors (Lipinski definition) is 5. The molecule has 0 saturated carbocycles. The van der Waals surface area contributed by atoms with Crippen LogP contribution in [0.1, 0.15) is 39.7 Å². The second-order valence-electron chi connectivity index (χ2n) is 6.10. The molecule has 0 radical (unpaired) electrons. The Morgan fingerprint density at radius 1 is 1.20 bits per heavy atom. The van der Waals surface area contributed by atoms with Crippen LogP contribution >= 0.6 is 0 Å². The van der Waals surface area contributed by atoms with Gasteiger partial charge in [-0.2, -0.15) is 0 Å². The van der Waals surface area contributed by atoms with Gasteiger partial charge in [-0.1, -0.05) is 26.8 Å². The average molecular weight is 350 g/mol. The quantitative estimate of drug-likeness (QED) is 0.317. The normalized spacial score (nSPS) is 12.6. The van der Waals surface area contributed by atoms with Crippen LogP contribution in [0.4, 0.5) is 0 Å². The van der Waals surface area contributed by atoms with Crippen molar-refractivity contribution in [1.29, 1.82) is 0 Å². The smallest absolute Gasteiger partial charge is 0.345 e. The summed E-state index contributed by atoms with van der Waals surface area (Å²) in [7, 11) is 1.53. The van der Waals surface area contributed by atoms with Crippen LogP contribution < -0.4 is 9.47 Å². The predicted octanol–water partition coefficient (Wildman–Crippen LogP) is 3.54. The summed E-state index contributed by atoms with van der Waals surface area (Å²) in [6.45, 7) is 8.09. The van der Waals surface area contributed by atoms with Gasteiger partial charge in [0.05, 0.1) is 19.8 Å². The summed E-state index contributed by atoms with van der Waals surface area (Å²) in [6, 6.07) is 4.96. The molecular formula is C19H26O6. The topological polar surface area (TPSA) is 82.1 Å². The van der Waals surface area contributed by atoms with Gasteiger partial charge < -0.3 is 19.3 Å². The molecule has 6 heteroatoms. The minimum absolute atomic E-state index is 0.323. The first kappa shape index (κ1) is 20.5. The van der Waals surface area contributed by atoms with Gasteiger partial charge in [-0.3, -0.25) is 0 Å². The second-order valence-corrected chi connectivity index (χ2v) is 6.10. The van der Waals surface area contributed by atoms with Crippen LogP contribution in [0.2, 0.25) is 0 Å². The molecule has 6 nitrogen and oxygen atoms in total. The molecule has 1 atom stereocenters. The summed E-state index contributed by atoms with van der Waals surface area (Å²) < 4.78 is 16.0. The Hall–Kier alpha value is -2.50. The fraction of sp³-hybridized carbons (Fsp3) is 0.474. The van der Waals surface area contributed by atoms with Crippen molar-refractivity contribution in [2.45, 2.75) is 40.2 Å². The van der Waals surface area contributed by atoms with Crippen molar-refractivity contribution < 1.29 is 28.9 Å². The molecule has 1 N–H and O–H groups in total. The van der Waals surface area contributed by atoms with E-state index < -0.39 is 17.5 Å². The van der Waals surface area contributed by atoms with E-state index in [0.717, 1.165) is 0 Å². The number of carboxylic acid groups (broad SMARTS) is 1. The Bertz CT molecular complexity index is 633. The van der Waals surface area contributed by atoms with Crippen LogP contribution in [0.5, 0.6) is 11.5 Å². The molecule has 0 fully saturated rings. The van der Waals surface area contributed by atoms with E-state index in [1.54, 1.807) is 25.1 Å². The monoisotopic (exact) mass is 350 g/mol. The lowest BCUT2D eigenvalue weighted by Crippen LogP contribution is -2.20. The number of benzene rings is 1. The summed E-state index contributed by atoms with van der Waals surface area (Å²) in [5, 5.41) is 9.31. The number of rotatable bonds is 9. The molecule has 0 bridgehead atoms. The third kappa shape index (κ3) is 6.49. The summed E-state index contributed by atoms with van der Waals surface area (Å²) in [4.78, 5) is 23.5. The van der Waals surface area contributed by atoms with Gasteiger partial charge in [-0.15, -0.1) is 0 Å². The maximum absolute atomic E-state index is 12.1. The van der Waals surface area contributed by atoms with Crippen LogP contribution in [0.25, 0.3) is 6.08 Å². The van der Waals surface area contributed by atoms with Crippen molar-refractivity contribution in [2.75, 3.05) is 13.7 Å². The number of carboxylic acids is 1. The molecule has 0 spiro atoms. The first-order chi connectivity index (χ1) is 11.8. The van der Waals surface area contributed by atoms with E-state index in [1.165, 1.54) is 13.2 Å². The van der Waals surface area contributed by atoms with Gasteiger partial charge in [0, 0.05) is 0 Å². The Labute approximate surface area is 148 Å².